The van der Waals surface area contributed by atoms with Gasteiger partial charge in [0.25, 0.3) is 0 Å². The van der Waals surface area contributed by atoms with Crippen molar-refractivity contribution < 1.29 is 0 Å². The molecule has 0 aliphatic heterocycles. The second-order valence-corrected chi connectivity index (χ2v) is 1.91. The van der Waals surface area contributed by atoms with Gasteiger partial charge in [-0.05, 0) is 12.8 Å². The molecule has 0 heteroatoms. The van der Waals surface area contributed by atoms with Crippen LogP contribution in [0.25, 0.3) is 0 Å². The number of allylic oxidation sites excluding steroid dienone is 2. The highest BCUT2D eigenvalue weighted by Crippen LogP contribution is 2.00. The molecule has 1 unspecified atom stereocenters. The molecule has 0 aliphatic rings. The van der Waals surface area contributed by atoms with Crippen LogP contribution in [0.1, 0.15) is 27.2 Å². The maximum absolute atomic E-state index is 2.22. The normalized spacial score (nSPS) is 15.3. The Morgan fingerprint density at radius 1 is 1.57 bits per heavy atom. The molecule has 0 N–H and O–H groups in total. The van der Waals surface area contributed by atoms with Crippen LogP contribution in [0.4, 0.5) is 0 Å². The van der Waals surface area contributed by atoms with E-state index in [0.29, 0.717) is 0 Å². The van der Waals surface area contributed by atoms with Crippen LogP contribution in [0, 0.1) is 5.92 Å². The number of hydrogen-bond donors (Lipinski definition) is 0. The molecule has 42 valence electrons. The summed E-state index contributed by atoms with van der Waals surface area (Å²) in [4.78, 5) is 0. The Hall–Kier alpha value is -0.260. The maximum Gasteiger partial charge on any atom is -0.0265 e. The van der Waals surface area contributed by atoms with Gasteiger partial charge in [0.15, 0.2) is 0 Å². The van der Waals surface area contributed by atoms with Gasteiger partial charge in [-0.1, -0.05) is 32.4 Å². The lowest BCUT2D eigenvalue weighted by molar-refractivity contribution is 0.697. The van der Waals surface area contributed by atoms with Crippen LogP contribution in [0.15, 0.2) is 12.2 Å². The molecule has 0 saturated heterocycles. The lowest BCUT2D eigenvalue weighted by Crippen LogP contribution is -1.81. The van der Waals surface area contributed by atoms with Crippen LogP contribution >= 0.6 is 0 Å². The second-order valence-electron chi connectivity index (χ2n) is 1.91. The summed E-state index contributed by atoms with van der Waals surface area (Å²) in [5.74, 6) is 0.769. The van der Waals surface area contributed by atoms with E-state index < -0.39 is 0 Å². The van der Waals surface area contributed by atoms with Gasteiger partial charge in [0.2, 0.25) is 0 Å². The minimum atomic E-state index is 0.769. The third-order valence-electron chi connectivity index (χ3n) is 1.16. The molecular formula is C7H14. The zero-order valence-corrected chi connectivity index (χ0v) is 5.44. The summed E-state index contributed by atoms with van der Waals surface area (Å²) >= 11 is 0. The fourth-order valence-electron chi connectivity index (χ4n) is 0.465. The highest BCUT2D eigenvalue weighted by Gasteiger charge is 1.85. The summed E-state index contributed by atoms with van der Waals surface area (Å²) in [7, 11) is 0. The van der Waals surface area contributed by atoms with Gasteiger partial charge in [0.05, 0.1) is 0 Å². The molecule has 0 aromatic rings. The number of rotatable bonds is 2. The topological polar surface area (TPSA) is 0 Å². The van der Waals surface area contributed by atoms with Gasteiger partial charge in [-0.25, -0.2) is 0 Å². The van der Waals surface area contributed by atoms with E-state index in [2.05, 4.69) is 32.9 Å². The molecule has 0 saturated carbocycles. The quantitative estimate of drug-likeness (QED) is 0.466. The predicted octanol–water partition coefficient (Wildman–Crippen LogP) is 2.61. The molecule has 0 amide bonds. The van der Waals surface area contributed by atoms with E-state index in [9.17, 15) is 0 Å². The maximum atomic E-state index is 2.22. The van der Waals surface area contributed by atoms with Crippen molar-refractivity contribution in [2.45, 2.75) is 27.2 Å². The minimum Gasteiger partial charge on any atom is -0.0914 e. The fourth-order valence-corrected chi connectivity index (χ4v) is 0.465. The molecule has 0 aromatic heterocycles. The van der Waals surface area contributed by atoms with Gasteiger partial charge in [-0.3, -0.25) is 0 Å². The number of hydrogen-bond acceptors (Lipinski definition) is 0. The van der Waals surface area contributed by atoms with Gasteiger partial charge in [0, 0.05) is 0 Å². The largest absolute Gasteiger partial charge is 0.0914 e. The molecule has 0 aromatic carbocycles. The van der Waals surface area contributed by atoms with E-state index in [-0.39, 0.29) is 0 Å². The Bertz CT molecular complexity index is 53.1. The average Bonchev–Trinajstić information content (AvgIpc) is 1.68. The molecule has 7 heavy (non-hydrogen) atoms. The Kier molecular flexibility index (Phi) is 3.77. The monoisotopic (exact) mass is 98.1 g/mol. The molecule has 0 aliphatic carbocycles. The van der Waals surface area contributed by atoms with E-state index in [1.54, 1.807) is 0 Å². The van der Waals surface area contributed by atoms with Crippen LogP contribution < -0.4 is 0 Å². The lowest BCUT2D eigenvalue weighted by Gasteiger charge is -1.95. The first-order chi connectivity index (χ1) is 3.31. The third kappa shape index (κ3) is 3.57. The summed E-state index contributed by atoms with van der Waals surface area (Å²) in [5, 5.41) is 0. The molecule has 0 nitrogen and oxygen atoms in total. The summed E-state index contributed by atoms with van der Waals surface area (Å²) in [6.45, 7) is 6.48. The average molecular weight is 98.2 g/mol. The molecule has 0 bridgehead atoms. The summed E-state index contributed by atoms with van der Waals surface area (Å²) in [6.07, 6.45) is 5.58. The van der Waals surface area contributed by atoms with Crippen molar-refractivity contribution in [1.82, 2.24) is 0 Å². The van der Waals surface area contributed by atoms with E-state index >= 15 is 0 Å². The van der Waals surface area contributed by atoms with Crippen LogP contribution in [0.2, 0.25) is 0 Å². The van der Waals surface area contributed by atoms with Crippen LogP contribution in [0.5, 0.6) is 0 Å². The SMILES string of the molecule is C/C=C/C(C)CC. The van der Waals surface area contributed by atoms with E-state index in [0.717, 1.165) is 5.92 Å². The van der Waals surface area contributed by atoms with Crippen LogP contribution in [-0.2, 0) is 0 Å². The molecule has 0 spiro atoms. The Morgan fingerprint density at radius 3 is 2.29 bits per heavy atom. The Balaban J connectivity index is 3.16. The van der Waals surface area contributed by atoms with Crippen molar-refractivity contribution in [3.63, 3.8) is 0 Å². The van der Waals surface area contributed by atoms with Crippen molar-refractivity contribution >= 4 is 0 Å². The van der Waals surface area contributed by atoms with Crippen molar-refractivity contribution in [3.05, 3.63) is 12.2 Å². The third-order valence-corrected chi connectivity index (χ3v) is 1.16. The summed E-state index contributed by atoms with van der Waals surface area (Å²) in [6, 6.07) is 0. The molecule has 0 rings (SSSR count). The first kappa shape index (κ1) is 6.74. The lowest BCUT2D eigenvalue weighted by atomic mass is 10.1. The first-order valence-electron chi connectivity index (χ1n) is 2.94. The van der Waals surface area contributed by atoms with E-state index in [1.165, 1.54) is 6.42 Å². The van der Waals surface area contributed by atoms with Gasteiger partial charge in [-0.2, -0.15) is 0 Å². The highest BCUT2D eigenvalue weighted by atomic mass is 13.9. The zero-order valence-electron chi connectivity index (χ0n) is 5.44. The minimum absolute atomic E-state index is 0.769. The smallest absolute Gasteiger partial charge is 0.0265 e. The Labute approximate surface area is 46.2 Å². The van der Waals surface area contributed by atoms with Crippen molar-refractivity contribution in [1.29, 1.82) is 0 Å². The zero-order chi connectivity index (χ0) is 5.70. The van der Waals surface area contributed by atoms with Gasteiger partial charge in [-0.15, -0.1) is 0 Å². The van der Waals surface area contributed by atoms with Gasteiger partial charge in [0.1, 0.15) is 0 Å². The molecular weight excluding hydrogens is 84.1 g/mol. The molecule has 0 fully saturated rings. The van der Waals surface area contributed by atoms with Crippen molar-refractivity contribution in [2.24, 2.45) is 5.92 Å². The fraction of sp³-hybridized carbons (Fsp3) is 0.714. The van der Waals surface area contributed by atoms with E-state index in [4.69, 9.17) is 0 Å². The van der Waals surface area contributed by atoms with Gasteiger partial charge >= 0.3 is 0 Å². The Morgan fingerprint density at radius 2 is 2.14 bits per heavy atom. The van der Waals surface area contributed by atoms with Crippen molar-refractivity contribution in [3.8, 4) is 0 Å². The predicted molar refractivity (Wildman–Crippen MR) is 34.3 cm³/mol. The van der Waals surface area contributed by atoms with Crippen LogP contribution in [-0.4, -0.2) is 0 Å². The standard InChI is InChI=1S/C7H14/c1-4-6-7(3)5-2/h4,6-7H,5H2,1-3H3/b6-4+. The molecule has 1 atom stereocenters. The summed E-state index contributed by atoms with van der Waals surface area (Å²) < 4.78 is 0. The summed E-state index contributed by atoms with van der Waals surface area (Å²) in [5.41, 5.74) is 0. The molecule has 0 heterocycles. The molecule has 0 radical (unpaired) electrons. The van der Waals surface area contributed by atoms with Crippen LogP contribution in [0.3, 0.4) is 0 Å². The second kappa shape index (κ2) is 3.91. The van der Waals surface area contributed by atoms with Crippen molar-refractivity contribution in [2.75, 3.05) is 0 Å². The van der Waals surface area contributed by atoms with E-state index in [1.807, 2.05) is 0 Å². The highest BCUT2D eigenvalue weighted by molar-refractivity contribution is 4.81. The first-order valence-corrected chi connectivity index (χ1v) is 2.94. The van der Waals surface area contributed by atoms with Gasteiger partial charge < -0.3 is 0 Å².